The van der Waals surface area contributed by atoms with Crippen LogP contribution in [0.5, 0.6) is 0 Å². The van der Waals surface area contributed by atoms with Crippen LogP contribution in [0, 0.1) is 11.3 Å². The second-order valence-electron chi connectivity index (χ2n) is 5.94. The fourth-order valence-corrected chi connectivity index (χ4v) is 3.00. The molecule has 82 valence electrons. The van der Waals surface area contributed by atoms with E-state index in [9.17, 15) is 0 Å². The summed E-state index contributed by atoms with van der Waals surface area (Å²) in [7, 11) is 0. The molecule has 1 saturated heterocycles. The van der Waals surface area contributed by atoms with Crippen LogP contribution in [-0.2, 0) is 4.74 Å². The Bertz CT molecular complexity index is 185. The van der Waals surface area contributed by atoms with Crippen molar-refractivity contribution in [1.82, 2.24) is 0 Å². The first-order chi connectivity index (χ1) is 6.56. The predicted octanol–water partition coefficient (Wildman–Crippen LogP) is 3.77. The molecule has 14 heavy (non-hydrogen) atoms. The fraction of sp³-hybridized carbons (Fsp3) is 1.00. The second-order valence-corrected chi connectivity index (χ2v) is 5.94. The Hall–Kier alpha value is -0.0400. The highest BCUT2D eigenvalue weighted by molar-refractivity contribution is 4.95. The van der Waals surface area contributed by atoms with Gasteiger partial charge in [-0.25, -0.2) is 0 Å². The molecular formula is C13H24O. The molecule has 0 bridgehead atoms. The van der Waals surface area contributed by atoms with Crippen molar-refractivity contribution in [2.45, 2.75) is 64.9 Å². The van der Waals surface area contributed by atoms with Crippen LogP contribution in [0.1, 0.15) is 59.3 Å². The Labute approximate surface area is 88.2 Å². The van der Waals surface area contributed by atoms with E-state index < -0.39 is 0 Å². The third-order valence-corrected chi connectivity index (χ3v) is 4.88. The summed E-state index contributed by atoms with van der Waals surface area (Å²) < 4.78 is 5.95. The maximum atomic E-state index is 5.95. The monoisotopic (exact) mass is 196 g/mol. The average molecular weight is 196 g/mol. The molecule has 1 aliphatic carbocycles. The summed E-state index contributed by atoms with van der Waals surface area (Å²) in [5.74, 6) is 0.821. The van der Waals surface area contributed by atoms with Gasteiger partial charge in [-0.3, -0.25) is 0 Å². The minimum Gasteiger partial charge on any atom is -0.375 e. The van der Waals surface area contributed by atoms with Gasteiger partial charge in [0.1, 0.15) is 0 Å². The van der Waals surface area contributed by atoms with Crippen LogP contribution >= 0.6 is 0 Å². The molecule has 0 unspecified atom stereocenters. The van der Waals surface area contributed by atoms with E-state index in [-0.39, 0.29) is 0 Å². The first-order valence-corrected chi connectivity index (χ1v) is 6.20. The Morgan fingerprint density at radius 2 is 1.64 bits per heavy atom. The molecular weight excluding hydrogens is 172 g/mol. The Kier molecular flexibility index (Phi) is 2.63. The lowest BCUT2D eigenvalue weighted by Gasteiger charge is -2.45. The lowest BCUT2D eigenvalue weighted by Crippen LogP contribution is -2.39. The van der Waals surface area contributed by atoms with E-state index in [1.54, 1.807) is 0 Å². The second kappa shape index (κ2) is 3.52. The smallest absolute Gasteiger partial charge is 0.0683 e. The highest BCUT2D eigenvalue weighted by Gasteiger charge is 2.43. The van der Waals surface area contributed by atoms with Crippen molar-refractivity contribution >= 4 is 0 Å². The summed E-state index contributed by atoms with van der Waals surface area (Å²) in [6.07, 6.45) is 7.96. The number of ether oxygens (including phenoxy) is 1. The fourth-order valence-electron chi connectivity index (χ4n) is 3.00. The molecule has 2 rings (SSSR count). The third-order valence-electron chi connectivity index (χ3n) is 4.88. The molecule has 0 aromatic carbocycles. The van der Waals surface area contributed by atoms with Crippen LogP contribution in [0.2, 0.25) is 0 Å². The zero-order valence-corrected chi connectivity index (χ0v) is 9.94. The Morgan fingerprint density at radius 1 is 1.00 bits per heavy atom. The SMILES string of the molecule is CC(C)[C@]1(C)CC[C@]2(CCCO2)CC1. The minimum atomic E-state index is 0.314. The molecule has 1 aliphatic heterocycles. The van der Waals surface area contributed by atoms with Gasteiger partial charge < -0.3 is 4.74 Å². The summed E-state index contributed by atoms with van der Waals surface area (Å²) in [5, 5.41) is 0. The van der Waals surface area contributed by atoms with Crippen LogP contribution in [0.4, 0.5) is 0 Å². The van der Waals surface area contributed by atoms with E-state index in [0.717, 1.165) is 12.5 Å². The molecule has 0 aromatic rings. The molecule has 1 nitrogen and oxygen atoms in total. The topological polar surface area (TPSA) is 9.23 Å². The minimum absolute atomic E-state index is 0.314. The molecule has 0 atom stereocenters. The molecule has 1 heteroatoms. The van der Waals surface area contributed by atoms with Crippen LogP contribution in [0.25, 0.3) is 0 Å². The molecule has 0 amide bonds. The molecule has 0 aromatic heterocycles. The number of hydrogen-bond donors (Lipinski definition) is 0. The molecule has 1 heterocycles. The van der Waals surface area contributed by atoms with E-state index in [1.807, 2.05) is 0 Å². The Morgan fingerprint density at radius 3 is 2.07 bits per heavy atom. The van der Waals surface area contributed by atoms with Gasteiger partial charge in [0.2, 0.25) is 0 Å². The largest absolute Gasteiger partial charge is 0.375 e. The standard InChI is InChI=1S/C13H24O/c1-11(2)12(3)6-8-13(9-7-12)5-4-10-14-13/h11H,4-10H2,1-3H3/t12-,13-. The molecule has 0 N–H and O–H groups in total. The molecule has 2 fully saturated rings. The zero-order chi connectivity index (χ0) is 10.2. The van der Waals surface area contributed by atoms with E-state index in [4.69, 9.17) is 4.74 Å². The van der Waals surface area contributed by atoms with E-state index in [1.165, 1.54) is 38.5 Å². The van der Waals surface area contributed by atoms with Crippen molar-refractivity contribution in [2.24, 2.45) is 11.3 Å². The normalized spacial score (nSPS) is 43.7. The van der Waals surface area contributed by atoms with Gasteiger partial charge in [-0.05, 0) is 49.9 Å². The lowest BCUT2D eigenvalue weighted by molar-refractivity contribution is -0.0596. The lowest BCUT2D eigenvalue weighted by atomic mass is 9.64. The summed E-state index contributed by atoms with van der Waals surface area (Å²) >= 11 is 0. The van der Waals surface area contributed by atoms with Gasteiger partial charge in [0.15, 0.2) is 0 Å². The average Bonchev–Trinajstić information content (AvgIpc) is 2.60. The van der Waals surface area contributed by atoms with Crippen LogP contribution in [-0.4, -0.2) is 12.2 Å². The number of rotatable bonds is 1. The molecule has 0 radical (unpaired) electrons. The molecule has 2 aliphatic rings. The first kappa shape index (κ1) is 10.5. The predicted molar refractivity (Wildman–Crippen MR) is 59.3 cm³/mol. The maximum absolute atomic E-state index is 5.95. The van der Waals surface area contributed by atoms with Gasteiger partial charge in [-0.1, -0.05) is 20.8 Å². The van der Waals surface area contributed by atoms with Crippen LogP contribution < -0.4 is 0 Å². The maximum Gasteiger partial charge on any atom is 0.0683 e. The molecule has 1 saturated carbocycles. The Balaban J connectivity index is 1.97. The third kappa shape index (κ3) is 1.71. The van der Waals surface area contributed by atoms with Gasteiger partial charge in [-0.15, -0.1) is 0 Å². The van der Waals surface area contributed by atoms with E-state index in [2.05, 4.69) is 20.8 Å². The van der Waals surface area contributed by atoms with Crippen LogP contribution in [0.15, 0.2) is 0 Å². The molecule has 1 spiro atoms. The van der Waals surface area contributed by atoms with Crippen molar-refractivity contribution in [3.8, 4) is 0 Å². The van der Waals surface area contributed by atoms with Crippen molar-refractivity contribution < 1.29 is 4.74 Å². The van der Waals surface area contributed by atoms with Crippen molar-refractivity contribution in [3.63, 3.8) is 0 Å². The zero-order valence-electron chi connectivity index (χ0n) is 9.94. The van der Waals surface area contributed by atoms with Gasteiger partial charge in [-0.2, -0.15) is 0 Å². The van der Waals surface area contributed by atoms with Crippen molar-refractivity contribution in [3.05, 3.63) is 0 Å². The highest BCUT2D eigenvalue weighted by Crippen LogP contribution is 2.49. The van der Waals surface area contributed by atoms with E-state index in [0.29, 0.717) is 11.0 Å². The summed E-state index contributed by atoms with van der Waals surface area (Å²) in [4.78, 5) is 0. The summed E-state index contributed by atoms with van der Waals surface area (Å²) in [6.45, 7) is 8.21. The van der Waals surface area contributed by atoms with Crippen molar-refractivity contribution in [2.75, 3.05) is 6.61 Å². The van der Waals surface area contributed by atoms with Crippen LogP contribution in [0.3, 0.4) is 0 Å². The number of hydrogen-bond acceptors (Lipinski definition) is 1. The van der Waals surface area contributed by atoms with Crippen molar-refractivity contribution in [1.29, 1.82) is 0 Å². The summed E-state index contributed by atoms with van der Waals surface area (Å²) in [5.41, 5.74) is 0.894. The highest BCUT2D eigenvalue weighted by atomic mass is 16.5. The van der Waals surface area contributed by atoms with E-state index >= 15 is 0 Å². The first-order valence-electron chi connectivity index (χ1n) is 6.20. The van der Waals surface area contributed by atoms with Gasteiger partial charge in [0, 0.05) is 6.61 Å². The quantitative estimate of drug-likeness (QED) is 0.620. The van der Waals surface area contributed by atoms with Gasteiger partial charge in [0.25, 0.3) is 0 Å². The van der Waals surface area contributed by atoms with Gasteiger partial charge in [0.05, 0.1) is 5.60 Å². The van der Waals surface area contributed by atoms with Gasteiger partial charge >= 0.3 is 0 Å². The summed E-state index contributed by atoms with van der Waals surface area (Å²) in [6, 6.07) is 0.